The van der Waals surface area contributed by atoms with E-state index in [1.165, 1.54) is 0 Å². The Kier molecular flexibility index (Phi) is 6.27. The second kappa shape index (κ2) is 8.51. The minimum Gasteiger partial charge on any atom is -0.382 e. The van der Waals surface area contributed by atoms with E-state index in [0.717, 1.165) is 50.7 Å². The van der Waals surface area contributed by atoms with E-state index in [9.17, 15) is 0 Å². The normalized spacial score (nSPS) is 10.8. The molecular formula is C16H23N3O. The molecule has 2 aromatic rings. The molecule has 108 valence electrons. The van der Waals surface area contributed by atoms with Crippen molar-refractivity contribution in [2.24, 2.45) is 0 Å². The minimum atomic E-state index is 0.801. The van der Waals surface area contributed by atoms with Gasteiger partial charge in [-0.3, -0.25) is 0 Å². The van der Waals surface area contributed by atoms with Crippen molar-refractivity contribution in [1.29, 1.82) is 0 Å². The Labute approximate surface area is 120 Å². The highest BCUT2D eigenvalue weighted by molar-refractivity contribution is 5.55. The SMILES string of the molecule is CCOCCCNCCn1ccnc1-c1ccccc1. The summed E-state index contributed by atoms with van der Waals surface area (Å²) in [7, 11) is 0. The molecule has 4 heteroatoms. The first-order chi connectivity index (χ1) is 9.92. The highest BCUT2D eigenvalue weighted by atomic mass is 16.5. The second-order valence-corrected chi connectivity index (χ2v) is 4.61. The summed E-state index contributed by atoms with van der Waals surface area (Å²) in [6.07, 6.45) is 4.95. The van der Waals surface area contributed by atoms with Crippen LogP contribution in [0.1, 0.15) is 13.3 Å². The van der Waals surface area contributed by atoms with E-state index in [1.54, 1.807) is 0 Å². The predicted octanol–water partition coefficient (Wildman–Crippen LogP) is 2.57. The highest BCUT2D eigenvalue weighted by Gasteiger charge is 2.04. The monoisotopic (exact) mass is 273 g/mol. The van der Waals surface area contributed by atoms with Crippen molar-refractivity contribution in [1.82, 2.24) is 14.9 Å². The van der Waals surface area contributed by atoms with Gasteiger partial charge in [-0.1, -0.05) is 30.3 Å². The van der Waals surface area contributed by atoms with Crippen molar-refractivity contribution in [3.63, 3.8) is 0 Å². The second-order valence-electron chi connectivity index (χ2n) is 4.61. The number of rotatable bonds is 9. The third-order valence-corrected chi connectivity index (χ3v) is 3.12. The number of imidazole rings is 1. The molecule has 0 saturated carbocycles. The fraction of sp³-hybridized carbons (Fsp3) is 0.438. The van der Waals surface area contributed by atoms with Gasteiger partial charge in [-0.05, 0) is 19.9 Å². The molecule has 1 aromatic carbocycles. The Balaban J connectivity index is 1.76. The number of aromatic nitrogens is 2. The molecular weight excluding hydrogens is 250 g/mol. The summed E-state index contributed by atoms with van der Waals surface area (Å²) in [4.78, 5) is 4.44. The number of hydrogen-bond donors (Lipinski definition) is 1. The molecule has 0 unspecified atom stereocenters. The Bertz CT molecular complexity index is 481. The van der Waals surface area contributed by atoms with E-state index >= 15 is 0 Å². The van der Waals surface area contributed by atoms with E-state index in [-0.39, 0.29) is 0 Å². The van der Waals surface area contributed by atoms with Gasteiger partial charge in [0.05, 0.1) is 0 Å². The lowest BCUT2D eigenvalue weighted by Crippen LogP contribution is -2.22. The smallest absolute Gasteiger partial charge is 0.139 e. The van der Waals surface area contributed by atoms with Crippen LogP contribution in [0.15, 0.2) is 42.7 Å². The first-order valence-electron chi connectivity index (χ1n) is 7.27. The molecule has 1 aromatic heterocycles. The summed E-state index contributed by atoms with van der Waals surface area (Å²) in [6.45, 7) is 6.54. The maximum Gasteiger partial charge on any atom is 0.139 e. The standard InChI is InChI=1S/C16H23N3O/c1-2-20-14-6-9-17-10-12-19-13-11-18-16(19)15-7-4-3-5-8-15/h3-5,7-8,11,13,17H,2,6,9-10,12,14H2,1H3. The van der Waals surface area contributed by atoms with Crippen LogP contribution in [0.25, 0.3) is 11.4 Å². The van der Waals surface area contributed by atoms with Gasteiger partial charge in [0.2, 0.25) is 0 Å². The number of nitrogens with zero attached hydrogens (tertiary/aromatic N) is 2. The van der Waals surface area contributed by atoms with E-state index < -0.39 is 0 Å². The van der Waals surface area contributed by atoms with E-state index in [0.29, 0.717) is 0 Å². The van der Waals surface area contributed by atoms with Crippen LogP contribution in [-0.2, 0) is 11.3 Å². The largest absolute Gasteiger partial charge is 0.382 e. The summed E-state index contributed by atoms with van der Waals surface area (Å²) >= 11 is 0. The van der Waals surface area contributed by atoms with Crippen LogP contribution >= 0.6 is 0 Å². The van der Waals surface area contributed by atoms with Crippen LogP contribution in [0.4, 0.5) is 0 Å². The summed E-state index contributed by atoms with van der Waals surface area (Å²) in [5, 5.41) is 3.43. The lowest BCUT2D eigenvalue weighted by atomic mass is 10.2. The third kappa shape index (κ3) is 4.47. The Morgan fingerprint density at radius 2 is 2.05 bits per heavy atom. The average molecular weight is 273 g/mol. The van der Waals surface area contributed by atoms with E-state index in [4.69, 9.17) is 4.74 Å². The molecule has 2 rings (SSSR count). The Morgan fingerprint density at radius 1 is 1.20 bits per heavy atom. The predicted molar refractivity (Wildman–Crippen MR) is 81.6 cm³/mol. The molecule has 0 aliphatic carbocycles. The zero-order valence-corrected chi connectivity index (χ0v) is 12.1. The molecule has 1 heterocycles. The molecule has 0 bridgehead atoms. The van der Waals surface area contributed by atoms with Gasteiger partial charge in [-0.25, -0.2) is 4.98 Å². The summed E-state index contributed by atoms with van der Waals surface area (Å²) < 4.78 is 7.49. The van der Waals surface area contributed by atoms with Crippen molar-refractivity contribution in [2.45, 2.75) is 19.9 Å². The van der Waals surface area contributed by atoms with Crippen molar-refractivity contribution < 1.29 is 4.74 Å². The zero-order valence-electron chi connectivity index (χ0n) is 12.1. The fourth-order valence-corrected chi connectivity index (χ4v) is 2.11. The van der Waals surface area contributed by atoms with Crippen molar-refractivity contribution in [3.8, 4) is 11.4 Å². The third-order valence-electron chi connectivity index (χ3n) is 3.12. The van der Waals surface area contributed by atoms with Gasteiger partial charge in [0, 0.05) is 44.3 Å². The Hall–Kier alpha value is -1.65. The summed E-state index contributed by atoms with van der Waals surface area (Å²) in [5.41, 5.74) is 1.16. The zero-order chi connectivity index (χ0) is 14.0. The molecule has 0 atom stereocenters. The molecule has 0 aliphatic heterocycles. The highest BCUT2D eigenvalue weighted by Crippen LogP contribution is 2.16. The van der Waals surface area contributed by atoms with Crippen molar-refractivity contribution in [2.75, 3.05) is 26.3 Å². The van der Waals surface area contributed by atoms with Gasteiger partial charge in [-0.2, -0.15) is 0 Å². The number of benzene rings is 1. The number of hydrogen-bond acceptors (Lipinski definition) is 3. The van der Waals surface area contributed by atoms with Gasteiger partial charge in [0.15, 0.2) is 0 Å². The van der Waals surface area contributed by atoms with E-state index in [2.05, 4.69) is 27.0 Å². The molecule has 0 amide bonds. The molecule has 20 heavy (non-hydrogen) atoms. The van der Waals surface area contributed by atoms with Gasteiger partial charge in [-0.15, -0.1) is 0 Å². The molecule has 4 nitrogen and oxygen atoms in total. The minimum absolute atomic E-state index is 0.801. The summed E-state index contributed by atoms with van der Waals surface area (Å²) in [6, 6.07) is 10.3. The molecule has 0 spiro atoms. The summed E-state index contributed by atoms with van der Waals surface area (Å²) in [5.74, 6) is 1.03. The first-order valence-corrected chi connectivity index (χ1v) is 7.27. The lowest BCUT2D eigenvalue weighted by molar-refractivity contribution is 0.145. The number of nitrogens with one attached hydrogen (secondary N) is 1. The molecule has 0 aliphatic rings. The quantitative estimate of drug-likeness (QED) is 0.714. The van der Waals surface area contributed by atoms with Gasteiger partial charge in [0.1, 0.15) is 5.82 Å². The maximum atomic E-state index is 5.31. The van der Waals surface area contributed by atoms with Crippen LogP contribution in [-0.4, -0.2) is 35.9 Å². The molecule has 0 saturated heterocycles. The van der Waals surface area contributed by atoms with Crippen LogP contribution in [0, 0.1) is 0 Å². The molecule has 0 radical (unpaired) electrons. The molecule has 0 fully saturated rings. The fourth-order valence-electron chi connectivity index (χ4n) is 2.11. The van der Waals surface area contributed by atoms with Gasteiger partial charge in [0.25, 0.3) is 0 Å². The lowest BCUT2D eigenvalue weighted by Gasteiger charge is -2.09. The Morgan fingerprint density at radius 3 is 2.85 bits per heavy atom. The van der Waals surface area contributed by atoms with Gasteiger partial charge >= 0.3 is 0 Å². The van der Waals surface area contributed by atoms with Crippen molar-refractivity contribution in [3.05, 3.63) is 42.7 Å². The topological polar surface area (TPSA) is 39.1 Å². The van der Waals surface area contributed by atoms with E-state index in [1.807, 2.05) is 37.5 Å². The van der Waals surface area contributed by atoms with Crippen LogP contribution in [0.2, 0.25) is 0 Å². The number of ether oxygens (including phenoxy) is 1. The van der Waals surface area contributed by atoms with Gasteiger partial charge < -0.3 is 14.6 Å². The first kappa shape index (κ1) is 14.8. The van der Waals surface area contributed by atoms with Crippen LogP contribution in [0.5, 0.6) is 0 Å². The van der Waals surface area contributed by atoms with Crippen molar-refractivity contribution >= 4 is 0 Å². The maximum absolute atomic E-state index is 5.31. The average Bonchev–Trinajstić information content (AvgIpc) is 2.96. The van der Waals surface area contributed by atoms with Crippen LogP contribution < -0.4 is 5.32 Å². The molecule has 1 N–H and O–H groups in total. The van der Waals surface area contributed by atoms with Crippen LogP contribution in [0.3, 0.4) is 0 Å².